The van der Waals surface area contributed by atoms with Crippen LogP contribution in [-0.2, 0) is 0 Å². The summed E-state index contributed by atoms with van der Waals surface area (Å²) in [6.45, 7) is 7.97. The van der Waals surface area contributed by atoms with Crippen molar-refractivity contribution in [2.75, 3.05) is 6.54 Å². The minimum absolute atomic E-state index is 0.537. The third-order valence-corrected chi connectivity index (χ3v) is 4.69. The second kappa shape index (κ2) is 4.22. The zero-order valence-corrected chi connectivity index (χ0v) is 10.6. The van der Waals surface area contributed by atoms with E-state index in [1.165, 1.54) is 17.8 Å². The van der Waals surface area contributed by atoms with Gasteiger partial charge in [0.25, 0.3) is 0 Å². The minimum atomic E-state index is 0.537. The van der Waals surface area contributed by atoms with Crippen LogP contribution in [0.4, 0.5) is 0 Å². The molecular formula is C12H20N2S. The predicted octanol–water partition coefficient (Wildman–Crippen LogP) is 3.02. The van der Waals surface area contributed by atoms with Crippen LogP contribution >= 0.6 is 11.3 Å². The van der Waals surface area contributed by atoms with Crippen LogP contribution in [-0.4, -0.2) is 17.6 Å². The minimum Gasteiger partial charge on any atom is -0.313 e. The topological polar surface area (TPSA) is 24.9 Å². The first-order valence-electron chi connectivity index (χ1n) is 5.74. The highest BCUT2D eigenvalue weighted by atomic mass is 32.1. The van der Waals surface area contributed by atoms with E-state index in [1.807, 2.05) is 6.20 Å². The highest BCUT2D eigenvalue weighted by Crippen LogP contribution is 2.47. The van der Waals surface area contributed by atoms with Gasteiger partial charge in [0.05, 0.1) is 5.01 Å². The maximum atomic E-state index is 4.35. The van der Waals surface area contributed by atoms with Gasteiger partial charge in [0.15, 0.2) is 0 Å². The van der Waals surface area contributed by atoms with Gasteiger partial charge >= 0.3 is 0 Å². The second-order valence-electron chi connectivity index (χ2n) is 5.06. The Bertz CT molecular complexity index is 303. The van der Waals surface area contributed by atoms with Gasteiger partial charge in [-0.25, -0.2) is 4.98 Å². The summed E-state index contributed by atoms with van der Waals surface area (Å²) in [5.41, 5.74) is 0.572. The standard InChI is InChI=1S/C12H20N2S/c1-9(11-13-6-7-15-11)8-14-10(2)12(3)4-5-12/h6-7,9-10,14H,4-5,8H2,1-3H3. The smallest absolute Gasteiger partial charge is 0.0965 e. The number of aromatic nitrogens is 1. The van der Waals surface area contributed by atoms with Gasteiger partial charge in [0.1, 0.15) is 0 Å². The molecule has 0 aliphatic heterocycles. The van der Waals surface area contributed by atoms with E-state index in [0.29, 0.717) is 17.4 Å². The Balaban J connectivity index is 1.78. The Morgan fingerprint density at radius 3 is 2.80 bits per heavy atom. The lowest BCUT2D eigenvalue weighted by molar-refractivity contribution is 0.374. The Kier molecular flexibility index (Phi) is 3.12. The monoisotopic (exact) mass is 224 g/mol. The fraction of sp³-hybridized carbons (Fsp3) is 0.750. The van der Waals surface area contributed by atoms with Crippen molar-refractivity contribution in [3.8, 4) is 0 Å². The van der Waals surface area contributed by atoms with Gasteiger partial charge in [0.2, 0.25) is 0 Å². The quantitative estimate of drug-likeness (QED) is 0.831. The number of thiazole rings is 1. The molecule has 1 fully saturated rings. The van der Waals surface area contributed by atoms with Crippen LogP contribution < -0.4 is 5.32 Å². The Morgan fingerprint density at radius 1 is 1.53 bits per heavy atom. The summed E-state index contributed by atoms with van der Waals surface area (Å²) in [5, 5.41) is 6.94. The first kappa shape index (κ1) is 11.1. The van der Waals surface area contributed by atoms with Gasteiger partial charge < -0.3 is 5.32 Å². The van der Waals surface area contributed by atoms with Gasteiger partial charge in [-0.1, -0.05) is 13.8 Å². The summed E-state index contributed by atoms with van der Waals surface area (Å²) >= 11 is 1.75. The first-order chi connectivity index (χ1) is 7.12. The van der Waals surface area contributed by atoms with Gasteiger partial charge in [-0.2, -0.15) is 0 Å². The average molecular weight is 224 g/mol. The van der Waals surface area contributed by atoms with Crippen molar-refractivity contribution in [1.29, 1.82) is 0 Å². The summed E-state index contributed by atoms with van der Waals surface area (Å²) in [6.07, 6.45) is 4.65. The van der Waals surface area contributed by atoms with E-state index in [4.69, 9.17) is 0 Å². The summed E-state index contributed by atoms with van der Waals surface area (Å²) in [5.74, 6) is 0.537. The molecule has 1 saturated carbocycles. The molecule has 1 aliphatic carbocycles. The molecule has 2 atom stereocenters. The Labute approximate surface area is 96.1 Å². The van der Waals surface area contributed by atoms with E-state index in [2.05, 4.69) is 36.5 Å². The summed E-state index contributed by atoms with van der Waals surface area (Å²) in [4.78, 5) is 4.35. The predicted molar refractivity (Wildman–Crippen MR) is 65.3 cm³/mol. The lowest BCUT2D eigenvalue weighted by Crippen LogP contribution is -2.35. The molecule has 1 aliphatic rings. The van der Waals surface area contributed by atoms with E-state index >= 15 is 0 Å². The van der Waals surface area contributed by atoms with E-state index in [0.717, 1.165) is 6.54 Å². The fourth-order valence-corrected chi connectivity index (χ4v) is 2.49. The van der Waals surface area contributed by atoms with Crippen molar-refractivity contribution < 1.29 is 0 Å². The van der Waals surface area contributed by atoms with Crippen LogP contribution in [0.15, 0.2) is 11.6 Å². The zero-order valence-electron chi connectivity index (χ0n) is 9.79. The first-order valence-corrected chi connectivity index (χ1v) is 6.62. The molecule has 0 radical (unpaired) electrons. The van der Waals surface area contributed by atoms with Crippen LogP contribution in [0.5, 0.6) is 0 Å². The van der Waals surface area contributed by atoms with Gasteiger partial charge in [-0.3, -0.25) is 0 Å². The number of rotatable bonds is 5. The van der Waals surface area contributed by atoms with Crippen LogP contribution in [0, 0.1) is 5.41 Å². The van der Waals surface area contributed by atoms with Gasteiger partial charge in [0, 0.05) is 30.1 Å². The number of hydrogen-bond acceptors (Lipinski definition) is 3. The molecule has 0 aromatic carbocycles. The molecule has 1 aromatic heterocycles. The van der Waals surface area contributed by atoms with E-state index in [1.54, 1.807) is 11.3 Å². The maximum absolute atomic E-state index is 4.35. The molecule has 15 heavy (non-hydrogen) atoms. The molecule has 0 bridgehead atoms. The lowest BCUT2D eigenvalue weighted by atomic mass is 10.0. The van der Waals surface area contributed by atoms with Gasteiger partial charge in [-0.15, -0.1) is 11.3 Å². The number of nitrogens with zero attached hydrogens (tertiary/aromatic N) is 1. The molecule has 0 amide bonds. The van der Waals surface area contributed by atoms with Crippen LogP contribution in [0.25, 0.3) is 0 Å². The van der Waals surface area contributed by atoms with Crippen molar-refractivity contribution in [1.82, 2.24) is 10.3 Å². The van der Waals surface area contributed by atoms with Crippen molar-refractivity contribution in [2.45, 2.75) is 45.6 Å². The van der Waals surface area contributed by atoms with Crippen molar-refractivity contribution >= 4 is 11.3 Å². The highest BCUT2D eigenvalue weighted by Gasteiger charge is 2.42. The summed E-state index contributed by atoms with van der Waals surface area (Å²) in [7, 11) is 0. The third-order valence-electron chi connectivity index (χ3n) is 3.69. The molecule has 0 spiro atoms. The molecule has 2 nitrogen and oxygen atoms in total. The van der Waals surface area contributed by atoms with Crippen molar-refractivity contribution in [2.24, 2.45) is 5.41 Å². The van der Waals surface area contributed by atoms with Crippen LogP contribution in [0.3, 0.4) is 0 Å². The molecule has 2 rings (SSSR count). The van der Waals surface area contributed by atoms with Gasteiger partial charge in [-0.05, 0) is 25.2 Å². The number of nitrogens with one attached hydrogen (secondary N) is 1. The fourth-order valence-electron chi connectivity index (χ4n) is 1.80. The molecule has 2 unspecified atom stereocenters. The molecular weight excluding hydrogens is 204 g/mol. The molecule has 1 N–H and O–H groups in total. The van der Waals surface area contributed by atoms with Crippen LogP contribution in [0.2, 0.25) is 0 Å². The van der Waals surface area contributed by atoms with E-state index in [-0.39, 0.29) is 0 Å². The highest BCUT2D eigenvalue weighted by molar-refractivity contribution is 7.09. The molecule has 1 aromatic rings. The zero-order chi connectivity index (χ0) is 10.9. The third kappa shape index (κ3) is 2.58. The van der Waals surface area contributed by atoms with E-state index in [9.17, 15) is 0 Å². The molecule has 3 heteroatoms. The van der Waals surface area contributed by atoms with Crippen molar-refractivity contribution in [3.05, 3.63) is 16.6 Å². The Hall–Kier alpha value is -0.410. The van der Waals surface area contributed by atoms with Crippen molar-refractivity contribution in [3.63, 3.8) is 0 Å². The SMILES string of the molecule is CC(CNC(C)C1(C)CC1)c1nccs1. The maximum Gasteiger partial charge on any atom is 0.0965 e. The molecule has 1 heterocycles. The summed E-state index contributed by atoms with van der Waals surface area (Å²) < 4.78 is 0. The largest absolute Gasteiger partial charge is 0.313 e. The normalized spacial score (nSPS) is 22.3. The summed E-state index contributed by atoms with van der Waals surface area (Å²) in [6, 6.07) is 0.639. The van der Waals surface area contributed by atoms with E-state index < -0.39 is 0 Å². The average Bonchev–Trinajstić information content (AvgIpc) is 2.79. The number of hydrogen-bond donors (Lipinski definition) is 1. The Morgan fingerprint density at radius 2 is 2.27 bits per heavy atom. The molecule has 84 valence electrons. The van der Waals surface area contributed by atoms with Crippen LogP contribution in [0.1, 0.15) is 44.5 Å². The second-order valence-corrected chi connectivity index (χ2v) is 5.98. The lowest BCUT2D eigenvalue weighted by Gasteiger charge is -2.22. The molecule has 0 saturated heterocycles.